The van der Waals surface area contributed by atoms with E-state index >= 15 is 0 Å². The lowest BCUT2D eigenvalue weighted by atomic mass is 9.94. The first-order valence-corrected chi connectivity index (χ1v) is 6.09. The Balaban J connectivity index is 2.00. The van der Waals surface area contributed by atoms with E-state index < -0.39 is 0 Å². The van der Waals surface area contributed by atoms with Crippen LogP contribution >= 0.6 is 23.4 Å². The average molecular weight is 228 g/mol. The van der Waals surface area contributed by atoms with Crippen LogP contribution in [0.15, 0.2) is 23.1 Å². The van der Waals surface area contributed by atoms with Crippen molar-refractivity contribution < 1.29 is 0 Å². The van der Waals surface area contributed by atoms with Crippen molar-refractivity contribution in [2.45, 2.75) is 36.0 Å². The lowest BCUT2D eigenvalue weighted by Crippen LogP contribution is -2.38. The van der Waals surface area contributed by atoms with Gasteiger partial charge >= 0.3 is 0 Å². The van der Waals surface area contributed by atoms with E-state index in [0.717, 1.165) is 23.4 Å². The molecule has 0 unspecified atom stereocenters. The Kier molecular flexibility index (Phi) is 3.05. The van der Waals surface area contributed by atoms with Gasteiger partial charge in [-0.25, -0.2) is 0 Å². The van der Waals surface area contributed by atoms with Crippen LogP contribution in [0, 0.1) is 6.92 Å². The maximum atomic E-state index is 5.96. The van der Waals surface area contributed by atoms with Gasteiger partial charge in [-0.3, -0.25) is 0 Å². The van der Waals surface area contributed by atoms with Gasteiger partial charge in [0, 0.05) is 21.2 Å². The lowest BCUT2D eigenvalue weighted by molar-refractivity contribution is 0.433. The first-order chi connectivity index (χ1) is 6.65. The molecule has 3 heteroatoms. The number of rotatable bonds is 2. The molecule has 76 valence electrons. The molecule has 0 saturated heterocycles. The molecular weight excluding hydrogens is 214 g/mol. The van der Waals surface area contributed by atoms with Crippen LogP contribution in [0.5, 0.6) is 0 Å². The third-order valence-corrected chi connectivity index (χ3v) is 4.23. The van der Waals surface area contributed by atoms with E-state index in [4.69, 9.17) is 17.3 Å². The minimum Gasteiger partial charge on any atom is -0.328 e. The highest BCUT2D eigenvalue weighted by molar-refractivity contribution is 8.00. The van der Waals surface area contributed by atoms with Crippen molar-refractivity contribution in [3.05, 3.63) is 28.8 Å². The van der Waals surface area contributed by atoms with Crippen LogP contribution in [0.3, 0.4) is 0 Å². The molecule has 1 aromatic carbocycles. The molecule has 1 aromatic rings. The molecule has 1 aliphatic carbocycles. The normalized spacial score (nSPS) is 25.9. The summed E-state index contributed by atoms with van der Waals surface area (Å²) in [5.41, 5.74) is 6.90. The van der Waals surface area contributed by atoms with E-state index in [1.165, 1.54) is 4.90 Å². The smallest absolute Gasteiger partial charge is 0.0435 e. The minimum absolute atomic E-state index is 0.431. The number of benzene rings is 1. The van der Waals surface area contributed by atoms with E-state index in [-0.39, 0.29) is 0 Å². The third kappa shape index (κ3) is 2.25. The van der Waals surface area contributed by atoms with E-state index in [2.05, 4.69) is 12.1 Å². The van der Waals surface area contributed by atoms with Gasteiger partial charge in [-0.2, -0.15) is 0 Å². The number of halogens is 1. The first-order valence-electron chi connectivity index (χ1n) is 4.83. The Bertz CT molecular complexity index is 334. The summed E-state index contributed by atoms with van der Waals surface area (Å²) in [4.78, 5) is 1.31. The van der Waals surface area contributed by atoms with E-state index in [1.54, 1.807) is 0 Å². The predicted molar refractivity (Wildman–Crippen MR) is 63.0 cm³/mol. The Morgan fingerprint density at radius 1 is 1.43 bits per heavy atom. The van der Waals surface area contributed by atoms with E-state index in [1.807, 2.05) is 24.8 Å². The molecule has 1 fully saturated rings. The molecule has 1 aliphatic rings. The fraction of sp³-hybridized carbons (Fsp3) is 0.455. The van der Waals surface area contributed by atoms with Crippen LogP contribution in [-0.4, -0.2) is 11.3 Å². The molecule has 0 aliphatic heterocycles. The van der Waals surface area contributed by atoms with Crippen LogP contribution in [0.4, 0.5) is 0 Å². The second kappa shape index (κ2) is 4.13. The molecule has 2 rings (SSSR count). The Hall–Kier alpha value is -0.180. The lowest BCUT2D eigenvalue weighted by Gasteiger charge is -2.31. The standard InChI is InChI=1S/C11H14ClNS/c1-7-4-9(2-3-11(7)12)14-10-5-8(13)6-10/h2-4,8,10H,5-6,13H2,1H3. The number of hydrogen-bond acceptors (Lipinski definition) is 2. The van der Waals surface area contributed by atoms with Crippen molar-refractivity contribution in [1.82, 2.24) is 0 Å². The van der Waals surface area contributed by atoms with Crippen LogP contribution in [0.25, 0.3) is 0 Å². The zero-order chi connectivity index (χ0) is 10.1. The first kappa shape index (κ1) is 10.3. The summed E-state index contributed by atoms with van der Waals surface area (Å²) in [6.07, 6.45) is 2.29. The van der Waals surface area contributed by atoms with E-state index in [0.29, 0.717) is 11.3 Å². The molecule has 1 saturated carbocycles. The molecule has 0 atom stereocenters. The maximum absolute atomic E-state index is 5.96. The molecule has 0 heterocycles. The number of hydrogen-bond donors (Lipinski definition) is 1. The van der Waals surface area contributed by atoms with Crippen molar-refractivity contribution in [2.75, 3.05) is 0 Å². The number of nitrogens with two attached hydrogens (primary N) is 1. The zero-order valence-corrected chi connectivity index (χ0v) is 9.74. The highest BCUT2D eigenvalue weighted by Crippen LogP contribution is 2.36. The van der Waals surface area contributed by atoms with Crippen molar-refractivity contribution in [3.63, 3.8) is 0 Å². The summed E-state index contributed by atoms with van der Waals surface area (Å²) >= 11 is 7.88. The molecule has 0 spiro atoms. The minimum atomic E-state index is 0.431. The van der Waals surface area contributed by atoms with Gasteiger partial charge in [0.2, 0.25) is 0 Å². The monoisotopic (exact) mass is 227 g/mol. The number of thioether (sulfide) groups is 1. The van der Waals surface area contributed by atoms with Crippen molar-refractivity contribution in [2.24, 2.45) is 5.73 Å². The summed E-state index contributed by atoms with van der Waals surface area (Å²) in [5, 5.41) is 1.56. The van der Waals surface area contributed by atoms with Gasteiger partial charge in [-0.1, -0.05) is 11.6 Å². The van der Waals surface area contributed by atoms with Crippen LogP contribution < -0.4 is 5.73 Å². The molecule has 0 radical (unpaired) electrons. The molecule has 0 bridgehead atoms. The highest BCUT2D eigenvalue weighted by atomic mass is 35.5. The van der Waals surface area contributed by atoms with Gasteiger partial charge in [0.15, 0.2) is 0 Å². The molecule has 2 N–H and O–H groups in total. The van der Waals surface area contributed by atoms with Gasteiger partial charge in [-0.05, 0) is 43.5 Å². The quantitative estimate of drug-likeness (QED) is 0.840. The van der Waals surface area contributed by atoms with Crippen LogP contribution in [0.2, 0.25) is 5.02 Å². The van der Waals surface area contributed by atoms with Crippen LogP contribution in [0.1, 0.15) is 18.4 Å². The molecule has 0 aromatic heterocycles. The SMILES string of the molecule is Cc1cc(SC2CC(N)C2)ccc1Cl. The average Bonchev–Trinajstić information content (AvgIpc) is 2.09. The summed E-state index contributed by atoms with van der Waals surface area (Å²) < 4.78 is 0. The van der Waals surface area contributed by atoms with Gasteiger partial charge in [0.25, 0.3) is 0 Å². The summed E-state index contributed by atoms with van der Waals surface area (Å²) in [7, 11) is 0. The molecule has 1 nitrogen and oxygen atoms in total. The Morgan fingerprint density at radius 2 is 2.14 bits per heavy atom. The zero-order valence-electron chi connectivity index (χ0n) is 8.16. The third-order valence-electron chi connectivity index (χ3n) is 2.56. The fourth-order valence-corrected chi connectivity index (χ4v) is 3.17. The second-order valence-electron chi connectivity index (χ2n) is 3.88. The summed E-state index contributed by atoms with van der Waals surface area (Å²) in [5.74, 6) is 0. The largest absolute Gasteiger partial charge is 0.328 e. The Morgan fingerprint density at radius 3 is 2.71 bits per heavy atom. The summed E-state index contributed by atoms with van der Waals surface area (Å²) in [6, 6.07) is 6.64. The topological polar surface area (TPSA) is 26.0 Å². The second-order valence-corrected chi connectivity index (χ2v) is 5.66. The van der Waals surface area contributed by atoms with Crippen molar-refractivity contribution in [3.8, 4) is 0 Å². The van der Waals surface area contributed by atoms with Gasteiger partial charge in [-0.15, -0.1) is 11.8 Å². The van der Waals surface area contributed by atoms with Crippen molar-refractivity contribution >= 4 is 23.4 Å². The maximum Gasteiger partial charge on any atom is 0.0435 e. The van der Waals surface area contributed by atoms with Crippen molar-refractivity contribution in [1.29, 1.82) is 0 Å². The highest BCUT2D eigenvalue weighted by Gasteiger charge is 2.26. The number of aryl methyl sites for hydroxylation is 1. The molecule has 14 heavy (non-hydrogen) atoms. The van der Waals surface area contributed by atoms with Gasteiger partial charge < -0.3 is 5.73 Å². The molecular formula is C11H14ClNS. The van der Waals surface area contributed by atoms with Gasteiger partial charge in [0.05, 0.1) is 0 Å². The Labute approximate surface area is 94.0 Å². The van der Waals surface area contributed by atoms with E-state index in [9.17, 15) is 0 Å². The van der Waals surface area contributed by atoms with Crippen LogP contribution in [-0.2, 0) is 0 Å². The predicted octanol–water partition coefficient (Wildman–Crippen LogP) is 3.23. The van der Waals surface area contributed by atoms with Gasteiger partial charge in [0.1, 0.15) is 0 Å². The summed E-state index contributed by atoms with van der Waals surface area (Å²) in [6.45, 7) is 2.04. The fourth-order valence-electron chi connectivity index (χ4n) is 1.59. The molecule has 0 amide bonds.